The van der Waals surface area contributed by atoms with E-state index >= 15 is 0 Å². The molecule has 0 atom stereocenters. The van der Waals surface area contributed by atoms with Crippen LogP contribution in [0.4, 0.5) is 5.69 Å². The summed E-state index contributed by atoms with van der Waals surface area (Å²) in [5.74, 6) is 0.432. The van der Waals surface area contributed by atoms with E-state index in [1.165, 1.54) is 0 Å². The van der Waals surface area contributed by atoms with E-state index in [-0.39, 0.29) is 10.6 Å². The summed E-state index contributed by atoms with van der Waals surface area (Å²) in [5.41, 5.74) is 2.60. The third kappa shape index (κ3) is 3.06. The van der Waals surface area contributed by atoms with Gasteiger partial charge in [-0.05, 0) is 19.4 Å². The second kappa shape index (κ2) is 4.94. The molecule has 3 nitrogen and oxygen atoms in total. The fraction of sp³-hybridized carbons (Fsp3) is 0.273. The monoisotopic (exact) mass is 225 g/mol. The lowest BCUT2D eigenvalue weighted by atomic mass is 10.1. The molecule has 0 spiro atoms. The topological polar surface area (TPSA) is 43.1 Å². The molecule has 0 bridgehead atoms. The molecule has 0 saturated heterocycles. The second-order valence-electron chi connectivity index (χ2n) is 3.43. The summed E-state index contributed by atoms with van der Waals surface area (Å²) < 4.78 is 0. The molecule has 0 aliphatic rings. The standard InChI is InChI=1S/C11H12ClNO2/c1-8(7-12)5-10-4-3-9(2)11(6-10)13(14)15/h3-6H,7H2,1-2H3/b8-5-. The molecular formula is C11H12ClNO2. The van der Waals surface area contributed by atoms with Crippen molar-refractivity contribution in [2.75, 3.05) is 5.88 Å². The van der Waals surface area contributed by atoms with Gasteiger partial charge in [0.1, 0.15) is 0 Å². The Bertz CT molecular complexity index is 413. The average Bonchev–Trinajstić information content (AvgIpc) is 2.20. The predicted octanol–water partition coefficient (Wildman–Crippen LogP) is 3.55. The fourth-order valence-electron chi connectivity index (χ4n) is 1.24. The first-order chi connectivity index (χ1) is 7.04. The van der Waals surface area contributed by atoms with Crippen molar-refractivity contribution in [3.8, 4) is 0 Å². The molecule has 0 aromatic heterocycles. The Morgan fingerprint density at radius 2 is 2.27 bits per heavy atom. The number of allylic oxidation sites excluding steroid dienone is 1. The summed E-state index contributed by atoms with van der Waals surface area (Å²) in [5, 5.41) is 10.7. The molecule has 0 unspecified atom stereocenters. The van der Waals surface area contributed by atoms with Gasteiger partial charge in [0, 0.05) is 17.5 Å². The van der Waals surface area contributed by atoms with E-state index in [9.17, 15) is 10.1 Å². The molecule has 1 aromatic carbocycles. The van der Waals surface area contributed by atoms with Crippen LogP contribution in [0.5, 0.6) is 0 Å². The fourth-order valence-corrected chi connectivity index (χ4v) is 1.31. The van der Waals surface area contributed by atoms with E-state index in [1.807, 2.05) is 19.1 Å². The van der Waals surface area contributed by atoms with Gasteiger partial charge < -0.3 is 0 Å². The molecule has 1 rings (SSSR count). The summed E-state index contributed by atoms with van der Waals surface area (Å²) >= 11 is 5.63. The van der Waals surface area contributed by atoms with E-state index < -0.39 is 0 Å². The highest BCUT2D eigenvalue weighted by Gasteiger charge is 2.09. The predicted molar refractivity (Wildman–Crippen MR) is 62.2 cm³/mol. The van der Waals surface area contributed by atoms with Gasteiger partial charge in [0.25, 0.3) is 5.69 Å². The van der Waals surface area contributed by atoms with Gasteiger partial charge in [-0.3, -0.25) is 10.1 Å². The maximum Gasteiger partial charge on any atom is 0.272 e. The summed E-state index contributed by atoms with van der Waals surface area (Å²) in [6.45, 7) is 3.61. The van der Waals surface area contributed by atoms with Crippen molar-refractivity contribution in [3.05, 3.63) is 45.0 Å². The van der Waals surface area contributed by atoms with Gasteiger partial charge in [-0.2, -0.15) is 0 Å². The van der Waals surface area contributed by atoms with Crippen LogP contribution < -0.4 is 0 Å². The molecule has 0 fully saturated rings. The number of alkyl halides is 1. The Hall–Kier alpha value is -1.35. The highest BCUT2D eigenvalue weighted by atomic mass is 35.5. The first kappa shape index (κ1) is 11.7. The first-order valence-electron chi connectivity index (χ1n) is 4.52. The number of hydrogen-bond acceptors (Lipinski definition) is 2. The van der Waals surface area contributed by atoms with E-state index in [0.717, 1.165) is 11.1 Å². The van der Waals surface area contributed by atoms with Gasteiger partial charge in [0.2, 0.25) is 0 Å². The molecule has 0 amide bonds. The number of hydrogen-bond donors (Lipinski definition) is 0. The Morgan fingerprint density at radius 1 is 1.60 bits per heavy atom. The van der Waals surface area contributed by atoms with E-state index in [2.05, 4.69) is 0 Å². The van der Waals surface area contributed by atoms with E-state index in [0.29, 0.717) is 11.4 Å². The molecule has 15 heavy (non-hydrogen) atoms. The second-order valence-corrected chi connectivity index (χ2v) is 3.69. The molecule has 80 valence electrons. The molecule has 0 heterocycles. The van der Waals surface area contributed by atoms with Gasteiger partial charge >= 0.3 is 0 Å². The zero-order chi connectivity index (χ0) is 11.4. The van der Waals surface area contributed by atoms with Crippen LogP contribution in [-0.2, 0) is 0 Å². The third-order valence-electron chi connectivity index (χ3n) is 2.05. The smallest absolute Gasteiger partial charge is 0.258 e. The van der Waals surface area contributed by atoms with E-state index in [1.54, 1.807) is 19.1 Å². The largest absolute Gasteiger partial charge is 0.272 e. The van der Waals surface area contributed by atoms with Gasteiger partial charge in [0.15, 0.2) is 0 Å². The quantitative estimate of drug-likeness (QED) is 0.449. The van der Waals surface area contributed by atoms with Crippen molar-refractivity contribution in [2.45, 2.75) is 13.8 Å². The van der Waals surface area contributed by atoms with Crippen LogP contribution in [0.1, 0.15) is 18.1 Å². The maximum atomic E-state index is 10.7. The molecule has 0 N–H and O–H groups in total. The lowest BCUT2D eigenvalue weighted by Crippen LogP contribution is -1.92. The molecule has 4 heteroatoms. The minimum atomic E-state index is -0.372. The summed E-state index contributed by atoms with van der Waals surface area (Å²) in [7, 11) is 0. The number of rotatable bonds is 3. The molecule has 0 radical (unpaired) electrons. The third-order valence-corrected chi connectivity index (χ3v) is 2.48. The van der Waals surface area contributed by atoms with Crippen LogP contribution in [0.15, 0.2) is 23.8 Å². The van der Waals surface area contributed by atoms with Gasteiger partial charge in [-0.1, -0.05) is 23.8 Å². The number of aryl methyl sites for hydroxylation is 1. The normalized spacial score (nSPS) is 11.5. The zero-order valence-corrected chi connectivity index (χ0v) is 9.41. The lowest BCUT2D eigenvalue weighted by molar-refractivity contribution is -0.385. The minimum absolute atomic E-state index is 0.145. The van der Waals surface area contributed by atoms with Crippen LogP contribution in [0.25, 0.3) is 6.08 Å². The molecule has 0 aliphatic heterocycles. The highest BCUT2D eigenvalue weighted by Crippen LogP contribution is 2.20. The zero-order valence-electron chi connectivity index (χ0n) is 8.66. The van der Waals surface area contributed by atoms with Crippen LogP contribution in [0, 0.1) is 17.0 Å². The van der Waals surface area contributed by atoms with Crippen molar-refractivity contribution < 1.29 is 4.92 Å². The van der Waals surface area contributed by atoms with Crippen LogP contribution in [0.3, 0.4) is 0 Å². The summed E-state index contributed by atoms with van der Waals surface area (Å²) in [6, 6.07) is 5.15. The first-order valence-corrected chi connectivity index (χ1v) is 5.06. The van der Waals surface area contributed by atoms with Crippen LogP contribution in [0.2, 0.25) is 0 Å². The van der Waals surface area contributed by atoms with Crippen molar-refractivity contribution in [3.63, 3.8) is 0 Å². The summed E-state index contributed by atoms with van der Waals surface area (Å²) in [6.07, 6.45) is 1.85. The molecule has 0 aliphatic carbocycles. The Kier molecular flexibility index (Phi) is 3.86. The number of benzene rings is 1. The number of halogens is 1. The lowest BCUT2D eigenvalue weighted by Gasteiger charge is -2.00. The van der Waals surface area contributed by atoms with Gasteiger partial charge in [-0.15, -0.1) is 11.6 Å². The summed E-state index contributed by atoms with van der Waals surface area (Å²) in [4.78, 5) is 10.3. The maximum absolute atomic E-state index is 10.7. The van der Waals surface area contributed by atoms with Crippen LogP contribution >= 0.6 is 11.6 Å². The van der Waals surface area contributed by atoms with E-state index in [4.69, 9.17) is 11.6 Å². The molecule has 0 saturated carbocycles. The number of nitro benzene ring substituents is 1. The van der Waals surface area contributed by atoms with Crippen molar-refractivity contribution in [1.29, 1.82) is 0 Å². The molecule has 1 aromatic rings. The van der Waals surface area contributed by atoms with Crippen molar-refractivity contribution in [2.24, 2.45) is 0 Å². The van der Waals surface area contributed by atoms with Crippen molar-refractivity contribution in [1.82, 2.24) is 0 Å². The molecular weight excluding hydrogens is 214 g/mol. The Morgan fingerprint density at radius 3 is 2.80 bits per heavy atom. The van der Waals surface area contributed by atoms with Gasteiger partial charge in [0.05, 0.1) is 4.92 Å². The average molecular weight is 226 g/mol. The minimum Gasteiger partial charge on any atom is -0.258 e. The Labute approximate surface area is 93.5 Å². The number of nitro groups is 1. The van der Waals surface area contributed by atoms with Crippen molar-refractivity contribution >= 4 is 23.4 Å². The highest BCUT2D eigenvalue weighted by molar-refractivity contribution is 6.19. The number of nitrogens with zero attached hydrogens (tertiary/aromatic N) is 1. The Balaban J connectivity index is 3.13. The SMILES string of the molecule is C/C(=C/c1ccc(C)c([N+](=O)[O-])c1)CCl. The van der Waals surface area contributed by atoms with Gasteiger partial charge in [-0.25, -0.2) is 0 Å². The van der Waals surface area contributed by atoms with Crippen LogP contribution in [-0.4, -0.2) is 10.8 Å².